The van der Waals surface area contributed by atoms with Crippen LogP contribution in [0.25, 0.3) is 0 Å². The first kappa shape index (κ1) is 20.9. The van der Waals surface area contributed by atoms with Crippen LogP contribution in [0.1, 0.15) is 29.8 Å². The molecule has 0 bridgehead atoms. The Morgan fingerprint density at radius 1 is 1.24 bits per heavy atom. The van der Waals surface area contributed by atoms with Gasteiger partial charge >= 0.3 is 18.1 Å². The molecular formula is C14H16F3NO6S. The summed E-state index contributed by atoms with van der Waals surface area (Å²) >= 11 is 0. The van der Waals surface area contributed by atoms with Gasteiger partial charge in [0.15, 0.2) is 0 Å². The molecule has 11 heteroatoms. The van der Waals surface area contributed by atoms with Crippen LogP contribution in [0.5, 0.6) is 0 Å². The Balaban J connectivity index is 3.43. The lowest BCUT2D eigenvalue weighted by Crippen LogP contribution is -2.44. The molecule has 0 amide bonds. The Morgan fingerprint density at radius 3 is 2.20 bits per heavy atom. The number of rotatable bonds is 6. The van der Waals surface area contributed by atoms with Gasteiger partial charge in [-0.2, -0.15) is 17.9 Å². The van der Waals surface area contributed by atoms with E-state index < -0.39 is 56.1 Å². The molecule has 0 aliphatic rings. The molecule has 0 saturated carbocycles. The van der Waals surface area contributed by atoms with Crippen LogP contribution >= 0.6 is 0 Å². The Morgan fingerprint density at radius 2 is 1.80 bits per heavy atom. The number of hydrogen-bond acceptors (Lipinski definition) is 5. The first-order valence-corrected chi connectivity index (χ1v) is 8.34. The zero-order valence-electron chi connectivity index (χ0n) is 13.4. The molecule has 140 valence electrons. The molecule has 0 fully saturated rings. The van der Waals surface area contributed by atoms with Crippen LogP contribution in [0.2, 0.25) is 0 Å². The number of ether oxygens (including phenoxy) is 1. The predicted molar refractivity (Wildman–Crippen MR) is 79.4 cm³/mol. The normalized spacial score (nSPS) is 13.6. The van der Waals surface area contributed by atoms with E-state index in [1.807, 2.05) is 4.72 Å². The number of esters is 1. The molecular weight excluding hydrogens is 367 g/mol. The molecule has 1 aromatic rings. The summed E-state index contributed by atoms with van der Waals surface area (Å²) in [4.78, 5) is 21.7. The fraction of sp³-hybridized carbons (Fsp3) is 0.429. The van der Waals surface area contributed by atoms with E-state index in [4.69, 9.17) is 5.11 Å². The molecule has 7 nitrogen and oxygen atoms in total. The van der Waals surface area contributed by atoms with E-state index in [-0.39, 0.29) is 6.07 Å². The first-order chi connectivity index (χ1) is 11.3. The first-order valence-electron chi connectivity index (χ1n) is 6.86. The topological polar surface area (TPSA) is 110 Å². The molecule has 1 aromatic carbocycles. The second-order valence-corrected chi connectivity index (χ2v) is 7.09. The highest BCUT2D eigenvalue weighted by Crippen LogP contribution is 2.34. The second kappa shape index (κ2) is 7.40. The SMILES string of the molecule is COC(=O)c1ccc(S(=O)(=O)N[C@H](C(=O)O)C(C)C)cc1C(F)(F)F. The summed E-state index contributed by atoms with van der Waals surface area (Å²) in [6.45, 7) is 2.87. The highest BCUT2D eigenvalue weighted by molar-refractivity contribution is 7.89. The van der Waals surface area contributed by atoms with E-state index in [0.717, 1.165) is 13.2 Å². The van der Waals surface area contributed by atoms with Gasteiger partial charge in [-0.05, 0) is 24.1 Å². The van der Waals surface area contributed by atoms with Crippen molar-refractivity contribution in [3.63, 3.8) is 0 Å². The molecule has 0 saturated heterocycles. The summed E-state index contributed by atoms with van der Waals surface area (Å²) in [5.41, 5.74) is -2.36. The molecule has 2 N–H and O–H groups in total. The summed E-state index contributed by atoms with van der Waals surface area (Å²) in [5.74, 6) is -3.40. The average molecular weight is 383 g/mol. The Hall–Kier alpha value is -2.14. The summed E-state index contributed by atoms with van der Waals surface area (Å²) in [5, 5.41) is 9.02. The van der Waals surface area contributed by atoms with Gasteiger partial charge in [-0.15, -0.1) is 0 Å². The molecule has 0 aliphatic heterocycles. The van der Waals surface area contributed by atoms with Crippen molar-refractivity contribution in [2.75, 3.05) is 7.11 Å². The monoisotopic (exact) mass is 383 g/mol. The number of halogens is 3. The summed E-state index contributed by atoms with van der Waals surface area (Å²) in [6, 6.07) is 0.158. The molecule has 1 rings (SSSR count). The summed E-state index contributed by atoms with van der Waals surface area (Å²) in [7, 11) is -3.68. The summed E-state index contributed by atoms with van der Waals surface area (Å²) < 4.78 is 69.9. The number of carboxylic acid groups (broad SMARTS) is 1. The number of carbonyl (C=O) groups excluding carboxylic acids is 1. The second-order valence-electron chi connectivity index (χ2n) is 5.38. The Bertz CT molecular complexity index is 773. The third-order valence-electron chi connectivity index (χ3n) is 3.23. The number of benzene rings is 1. The molecule has 0 spiro atoms. The number of methoxy groups -OCH3 is 1. The van der Waals surface area contributed by atoms with Crippen LogP contribution in [0.15, 0.2) is 23.1 Å². The maximum absolute atomic E-state index is 13.1. The minimum atomic E-state index is -5.01. The van der Waals surface area contributed by atoms with Crippen molar-refractivity contribution < 1.29 is 41.0 Å². The number of carboxylic acids is 1. The minimum Gasteiger partial charge on any atom is -0.480 e. The average Bonchev–Trinajstić information content (AvgIpc) is 2.49. The third-order valence-corrected chi connectivity index (χ3v) is 4.67. The van der Waals surface area contributed by atoms with Crippen molar-refractivity contribution >= 4 is 22.0 Å². The fourth-order valence-electron chi connectivity index (χ4n) is 1.92. The molecule has 0 heterocycles. The molecule has 0 unspecified atom stereocenters. The number of alkyl halides is 3. The summed E-state index contributed by atoms with van der Waals surface area (Å²) in [6.07, 6.45) is -5.01. The van der Waals surface area contributed by atoms with E-state index in [9.17, 15) is 31.2 Å². The van der Waals surface area contributed by atoms with E-state index in [2.05, 4.69) is 4.74 Å². The third kappa shape index (κ3) is 4.92. The zero-order chi connectivity index (χ0) is 19.6. The Labute approximate surface area is 141 Å². The van der Waals surface area contributed by atoms with Gasteiger partial charge in [0, 0.05) is 0 Å². The van der Waals surface area contributed by atoms with E-state index in [1.54, 1.807) is 0 Å². The largest absolute Gasteiger partial charge is 0.480 e. The van der Waals surface area contributed by atoms with Crippen molar-refractivity contribution in [3.05, 3.63) is 29.3 Å². The lowest BCUT2D eigenvalue weighted by Gasteiger charge is -2.19. The van der Waals surface area contributed by atoms with Gasteiger partial charge in [0.2, 0.25) is 10.0 Å². The highest BCUT2D eigenvalue weighted by atomic mass is 32.2. The quantitative estimate of drug-likeness (QED) is 0.726. The Kier molecular flexibility index (Phi) is 6.19. The van der Waals surface area contributed by atoms with Crippen LogP contribution in [0, 0.1) is 5.92 Å². The van der Waals surface area contributed by atoms with E-state index in [0.29, 0.717) is 6.07 Å². The van der Waals surface area contributed by atoms with Crippen LogP contribution in [0.3, 0.4) is 0 Å². The molecule has 1 atom stereocenters. The predicted octanol–water partition coefficient (Wildman–Crippen LogP) is 1.88. The van der Waals surface area contributed by atoms with Crippen molar-refractivity contribution in [2.45, 2.75) is 31.0 Å². The molecule has 0 radical (unpaired) electrons. The number of hydrogen-bond donors (Lipinski definition) is 2. The van der Waals surface area contributed by atoms with Gasteiger partial charge in [0.05, 0.1) is 23.1 Å². The number of aliphatic carboxylic acids is 1. The maximum atomic E-state index is 13.1. The minimum absolute atomic E-state index is 0.258. The van der Waals surface area contributed by atoms with Crippen molar-refractivity contribution in [2.24, 2.45) is 5.92 Å². The number of carbonyl (C=O) groups is 2. The van der Waals surface area contributed by atoms with Crippen LogP contribution < -0.4 is 4.72 Å². The van der Waals surface area contributed by atoms with E-state index >= 15 is 0 Å². The number of nitrogens with one attached hydrogen (secondary N) is 1. The molecule has 0 aromatic heterocycles. The zero-order valence-corrected chi connectivity index (χ0v) is 14.2. The van der Waals surface area contributed by atoms with Gasteiger partial charge in [-0.1, -0.05) is 13.8 Å². The van der Waals surface area contributed by atoms with Crippen LogP contribution in [-0.4, -0.2) is 38.6 Å². The van der Waals surface area contributed by atoms with Crippen LogP contribution in [-0.2, 0) is 25.7 Å². The lowest BCUT2D eigenvalue weighted by molar-refractivity contribution is -0.140. The standard InChI is InChI=1S/C14H16F3NO6S/c1-7(2)11(12(19)20)18-25(22,23)8-4-5-9(13(21)24-3)10(6-8)14(15,16)17/h4-7,11,18H,1-3H3,(H,19,20)/t11-/m0/s1. The van der Waals surface area contributed by atoms with Gasteiger partial charge in [0.25, 0.3) is 0 Å². The van der Waals surface area contributed by atoms with Crippen LogP contribution in [0.4, 0.5) is 13.2 Å². The van der Waals surface area contributed by atoms with Gasteiger partial charge in [-0.3, -0.25) is 4.79 Å². The maximum Gasteiger partial charge on any atom is 0.417 e. The van der Waals surface area contributed by atoms with Crippen molar-refractivity contribution in [1.29, 1.82) is 0 Å². The van der Waals surface area contributed by atoms with Gasteiger partial charge < -0.3 is 9.84 Å². The highest BCUT2D eigenvalue weighted by Gasteiger charge is 2.37. The lowest BCUT2D eigenvalue weighted by atomic mass is 10.1. The van der Waals surface area contributed by atoms with E-state index in [1.165, 1.54) is 13.8 Å². The fourth-order valence-corrected chi connectivity index (χ4v) is 3.28. The molecule has 0 aliphatic carbocycles. The van der Waals surface area contributed by atoms with Crippen molar-refractivity contribution in [1.82, 2.24) is 4.72 Å². The van der Waals surface area contributed by atoms with Gasteiger partial charge in [-0.25, -0.2) is 13.2 Å². The smallest absolute Gasteiger partial charge is 0.417 e. The van der Waals surface area contributed by atoms with Crippen molar-refractivity contribution in [3.8, 4) is 0 Å². The molecule has 25 heavy (non-hydrogen) atoms. The van der Waals surface area contributed by atoms with Gasteiger partial charge in [0.1, 0.15) is 6.04 Å². The number of sulfonamides is 1.